The number of primary sulfonamides is 1. The number of benzene rings is 2. The van der Waals surface area contributed by atoms with Crippen LogP contribution in [0.25, 0.3) is 11.3 Å². The Labute approximate surface area is 155 Å². The van der Waals surface area contributed by atoms with Crippen LogP contribution in [0.5, 0.6) is 0 Å². The average Bonchev–Trinajstić information content (AvgIpc) is 3.12. The summed E-state index contributed by atoms with van der Waals surface area (Å²) in [6, 6.07) is 9.77. The van der Waals surface area contributed by atoms with E-state index in [-0.39, 0.29) is 10.8 Å². The fourth-order valence-corrected chi connectivity index (χ4v) is 3.49. The van der Waals surface area contributed by atoms with Crippen LogP contribution in [0.15, 0.2) is 46.7 Å². The second-order valence-electron chi connectivity index (χ2n) is 5.78. The van der Waals surface area contributed by atoms with Gasteiger partial charge in [0, 0.05) is 22.2 Å². The van der Waals surface area contributed by atoms with Crippen LogP contribution in [0.3, 0.4) is 0 Å². The van der Waals surface area contributed by atoms with Crippen LogP contribution < -0.4 is 10.5 Å². The van der Waals surface area contributed by atoms with Gasteiger partial charge < -0.3 is 5.32 Å². The molecule has 1 heterocycles. The first-order valence-electron chi connectivity index (χ1n) is 7.58. The number of nitrogens with one attached hydrogen (secondary N) is 1. The highest BCUT2D eigenvalue weighted by atomic mass is 32.2. The Balaban J connectivity index is 1.87. The maximum atomic E-state index is 12.5. The third kappa shape index (κ3) is 3.79. The van der Waals surface area contributed by atoms with E-state index in [9.17, 15) is 13.2 Å². The van der Waals surface area contributed by atoms with E-state index in [1.807, 2.05) is 5.38 Å². The third-order valence-corrected chi connectivity index (χ3v) is 5.42. The average molecular weight is 388 g/mol. The zero-order valence-electron chi connectivity index (χ0n) is 14.1. The lowest BCUT2D eigenvalue weighted by molar-refractivity contribution is 0.102. The van der Waals surface area contributed by atoms with E-state index in [2.05, 4.69) is 14.9 Å². The minimum atomic E-state index is -3.86. The van der Waals surface area contributed by atoms with Crippen molar-refractivity contribution in [3.63, 3.8) is 0 Å². The number of anilines is 1. The van der Waals surface area contributed by atoms with Gasteiger partial charge in [0.25, 0.3) is 5.91 Å². The maximum Gasteiger partial charge on any atom is 0.255 e. The van der Waals surface area contributed by atoms with E-state index in [0.717, 1.165) is 22.4 Å². The highest BCUT2D eigenvalue weighted by Crippen LogP contribution is 2.24. The van der Waals surface area contributed by atoms with Crippen LogP contribution in [-0.4, -0.2) is 23.9 Å². The number of rotatable bonds is 4. The van der Waals surface area contributed by atoms with Gasteiger partial charge >= 0.3 is 0 Å². The monoisotopic (exact) mass is 388 g/mol. The Hall–Kier alpha value is -2.62. The minimum Gasteiger partial charge on any atom is -0.322 e. The molecule has 0 fully saturated rings. The van der Waals surface area contributed by atoms with Crippen LogP contribution in [0.1, 0.15) is 21.5 Å². The van der Waals surface area contributed by atoms with Crippen LogP contribution >= 0.6 is 11.5 Å². The van der Waals surface area contributed by atoms with E-state index in [4.69, 9.17) is 5.14 Å². The molecule has 0 aliphatic carbocycles. The van der Waals surface area contributed by atoms with E-state index in [0.29, 0.717) is 11.3 Å². The molecule has 0 radical (unpaired) electrons. The largest absolute Gasteiger partial charge is 0.322 e. The molecule has 26 heavy (non-hydrogen) atoms. The molecule has 0 aliphatic rings. The smallest absolute Gasteiger partial charge is 0.255 e. The number of aryl methyl sites for hydroxylation is 1. The summed E-state index contributed by atoms with van der Waals surface area (Å²) >= 11 is 1.25. The quantitative estimate of drug-likeness (QED) is 0.713. The normalized spacial score (nSPS) is 11.3. The van der Waals surface area contributed by atoms with Crippen LogP contribution in [0, 0.1) is 13.8 Å². The number of nitrogens with two attached hydrogens (primary N) is 1. The summed E-state index contributed by atoms with van der Waals surface area (Å²) in [7, 11) is -3.86. The van der Waals surface area contributed by atoms with Gasteiger partial charge in [-0.3, -0.25) is 4.79 Å². The Morgan fingerprint density at radius 3 is 2.42 bits per heavy atom. The Kier molecular flexibility index (Phi) is 4.86. The zero-order valence-corrected chi connectivity index (χ0v) is 15.7. The van der Waals surface area contributed by atoms with Gasteiger partial charge in [-0.25, -0.2) is 13.6 Å². The van der Waals surface area contributed by atoms with Crippen molar-refractivity contribution in [2.75, 3.05) is 5.32 Å². The zero-order chi connectivity index (χ0) is 18.9. The standard InChI is InChI=1S/C17H16N4O3S2/c1-10-7-14(26(18,23)24)8-15(11(10)2)19-17(22)13-5-3-12(4-6-13)16-9-25-21-20-16/h3-9H,1-2H3,(H,19,22)(H2,18,23,24). The summed E-state index contributed by atoms with van der Waals surface area (Å²) in [6.45, 7) is 3.56. The fraction of sp³-hybridized carbons (Fsp3) is 0.118. The van der Waals surface area contributed by atoms with Crippen molar-refractivity contribution in [1.82, 2.24) is 9.59 Å². The predicted octanol–water partition coefficient (Wildman–Crippen LogP) is 2.72. The summed E-state index contributed by atoms with van der Waals surface area (Å²) in [5.41, 5.74) is 3.95. The number of amides is 1. The Morgan fingerprint density at radius 2 is 1.85 bits per heavy atom. The number of hydrogen-bond acceptors (Lipinski definition) is 6. The molecular formula is C17H16N4O3S2. The predicted molar refractivity (Wildman–Crippen MR) is 101 cm³/mol. The first-order valence-corrected chi connectivity index (χ1v) is 9.97. The molecule has 0 unspecified atom stereocenters. The summed E-state index contributed by atoms with van der Waals surface area (Å²) in [4.78, 5) is 12.5. The molecule has 3 N–H and O–H groups in total. The molecule has 0 saturated heterocycles. The maximum absolute atomic E-state index is 12.5. The SMILES string of the molecule is Cc1cc(S(N)(=O)=O)cc(NC(=O)c2ccc(-c3csnn3)cc2)c1C. The number of carbonyl (C=O) groups excluding carboxylic acids is 1. The molecule has 0 bridgehead atoms. The molecule has 0 saturated carbocycles. The lowest BCUT2D eigenvalue weighted by Crippen LogP contribution is -2.16. The summed E-state index contributed by atoms with van der Waals surface area (Å²) in [6.07, 6.45) is 0. The lowest BCUT2D eigenvalue weighted by Gasteiger charge is -2.13. The molecule has 9 heteroatoms. The van der Waals surface area contributed by atoms with Gasteiger partial charge in [-0.1, -0.05) is 16.6 Å². The highest BCUT2D eigenvalue weighted by Gasteiger charge is 2.15. The van der Waals surface area contributed by atoms with Gasteiger partial charge in [0.15, 0.2) is 0 Å². The van der Waals surface area contributed by atoms with Gasteiger partial charge in [0.1, 0.15) is 5.69 Å². The lowest BCUT2D eigenvalue weighted by atomic mass is 10.1. The molecule has 1 amide bonds. The highest BCUT2D eigenvalue weighted by molar-refractivity contribution is 7.89. The minimum absolute atomic E-state index is 0.0396. The third-order valence-electron chi connectivity index (χ3n) is 4.02. The molecule has 3 aromatic rings. The first-order chi connectivity index (χ1) is 12.3. The summed E-state index contributed by atoms with van der Waals surface area (Å²) in [5.74, 6) is -0.345. The van der Waals surface area contributed by atoms with Crippen molar-refractivity contribution >= 4 is 33.2 Å². The molecule has 0 aliphatic heterocycles. The molecule has 1 aromatic heterocycles. The molecule has 0 spiro atoms. The topological polar surface area (TPSA) is 115 Å². The fourth-order valence-electron chi connectivity index (χ4n) is 2.40. The van der Waals surface area contributed by atoms with Gasteiger partial charge in [-0.2, -0.15) is 0 Å². The molecule has 7 nitrogen and oxygen atoms in total. The number of carbonyl (C=O) groups is 1. The van der Waals surface area contributed by atoms with Crippen LogP contribution in [0.2, 0.25) is 0 Å². The van der Waals surface area contributed by atoms with E-state index in [1.165, 1.54) is 23.7 Å². The van der Waals surface area contributed by atoms with Gasteiger partial charge in [0.05, 0.1) is 4.90 Å². The molecule has 134 valence electrons. The van der Waals surface area contributed by atoms with Crippen LogP contribution in [0.4, 0.5) is 5.69 Å². The van der Waals surface area contributed by atoms with Crippen molar-refractivity contribution in [3.05, 3.63) is 58.5 Å². The molecule has 0 atom stereocenters. The second-order valence-corrected chi connectivity index (χ2v) is 7.95. The van der Waals surface area contributed by atoms with Crippen LogP contribution in [-0.2, 0) is 10.0 Å². The van der Waals surface area contributed by atoms with Gasteiger partial charge in [0.2, 0.25) is 10.0 Å². The van der Waals surface area contributed by atoms with Gasteiger partial charge in [-0.05, 0) is 60.8 Å². The molecule has 2 aromatic carbocycles. The van der Waals surface area contributed by atoms with Crippen molar-refractivity contribution in [1.29, 1.82) is 0 Å². The van der Waals surface area contributed by atoms with Crippen molar-refractivity contribution < 1.29 is 13.2 Å². The number of sulfonamides is 1. The van der Waals surface area contributed by atoms with E-state index < -0.39 is 10.0 Å². The van der Waals surface area contributed by atoms with E-state index >= 15 is 0 Å². The number of hydrogen-bond donors (Lipinski definition) is 2. The van der Waals surface area contributed by atoms with Gasteiger partial charge in [-0.15, -0.1) is 5.10 Å². The van der Waals surface area contributed by atoms with Crippen molar-refractivity contribution in [2.45, 2.75) is 18.7 Å². The first kappa shape index (κ1) is 18.2. The second kappa shape index (κ2) is 6.94. The molecular weight excluding hydrogens is 372 g/mol. The van der Waals surface area contributed by atoms with Crippen molar-refractivity contribution in [3.8, 4) is 11.3 Å². The Bertz CT molecular complexity index is 1060. The van der Waals surface area contributed by atoms with Crippen molar-refractivity contribution in [2.24, 2.45) is 5.14 Å². The number of aromatic nitrogens is 2. The number of nitrogens with zero attached hydrogens (tertiary/aromatic N) is 2. The summed E-state index contributed by atoms with van der Waals surface area (Å²) in [5, 5.41) is 13.7. The summed E-state index contributed by atoms with van der Waals surface area (Å²) < 4.78 is 27.0. The Morgan fingerprint density at radius 1 is 1.15 bits per heavy atom. The molecule has 3 rings (SSSR count). The van der Waals surface area contributed by atoms with E-state index in [1.54, 1.807) is 38.1 Å².